The molecule has 1 fully saturated rings. The Bertz CT molecular complexity index is 542. The lowest BCUT2D eigenvalue weighted by atomic mass is 9.98. The lowest BCUT2D eigenvalue weighted by molar-refractivity contribution is -0.144. The topological polar surface area (TPSA) is 57.6 Å². The van der Waals surface area contributed by atoms with E-state index in [9.17, 15) is 14.0 Å². The molecule has 5 heteroatoms. The maximum atomic E-state index is 13.4. The highest BCUT2D eigenvalue weighted by Crippen LogP contribution is 2.17. The van der Waals surface area contributed by atoms with Gasteiger partial charge in [0.2, 0.25) is 5.91 Å². The first-order valence-corrected chi connectivity index (χ1v) is 6.52. The summed E-state index contributed by atoms with van der Waals surface area (Å²) in [4.78, 5) is 24.4. The van der Waals surface area contributed by atoms with Gasteiger partial charge >= 0.3 is 5.97 Å². The number of carboxylic acids is 1. The first-order valence-electron chi connectivity index (χ1n) is 6.52. The summed E-state index contributed by atoms with van der Waals surface area (Å²) in [6.07, 6.45) is 3.98. The van der Waals surface area contributed by atoms with E-state index in [-0.39, 0.29) is 12.5 Å². The van der Waals surface area contributed by atoms with Gasteiger partial charge in [0.15, 0.2) is 0 Å². The van der Waals surface area contributed by atoms with Crippen molar-refractivity contribution < 1.29 is 19.1 Å². The molecule has 1 aliphatic heterocycles. The van der Waals surface area contributed by atoms with Gasteiger partial charge in [-0.15, -0.1) is 0 Å². The Morgan fingerprint density at radius 1 is 1.35 bits per heavy atom. The quantitative estimate of drug-likeness (QED) is 0.861. The van der Waals surface area contributed by atoms with Crippen LogP contribution in [-0.2, 0) is 9.59 Å². The lowest BCUT2D eigenvalue weighted by Gasteiger charge is -2.29. The minimum absolute atomic E-state index is 0.218. The molecule has 1 aromatic rings. The van der Waals surface area contributed by atoms with Crippen LogP contribution in [0.25, 0.3) is 6.08 Å². The van der Waals surface area contributed by atoms with Crippen molar-refractivity contribution in [1.82, 2.24) is 4.90 Å². The molecule has 1 aromatic carbocycles. The fraction of sp³-hybridized carbons (Fsp3) is 0.333. The standard InChI is InChI=1S/C15H16FNO3/c16-13-6-2-1-4-11(13)7-8-14(18)17-9-3-5-12(10-17)15(19)20/h1-2,4,6-8,12H,3,5,9-10H2,(H,19,20)/b8-7+/t12-/m0/s1. The lowest BCUT2D eigenvalue weighted by Crippen LogP contribution is -2.41. The van der Waals surface area contributed by atoms with Crippen molar-refractivity contribution in [3.63, 3.8) is 0 Å². The van der Waals surface area contributed by atoms with E-state index in [1.54, 1.807) is 18.2 Å². The number of piperidine rings is 1. The molecule has 0 saturated carbocycles. The third-order valence-corrected chi connectivity index (χ3v) is 3.39. The van der Waals surface area contributed by atoms with Crippen LogP contribution in [-0.4, -0.2) is 35.0 Å². The first-order chi connectivity index (χ1) is 9.58. The maximum Gasteiger partial charge on any atom is 0.308 e. The Hall–Kier alpha value is -2.17. The van der Waals surface area contributed by atoms with Crippen molar-refractivity contribution in [3.05, 3.63) is 41.7 Å². The molecule has 0 bridgehead atoms. The predicted molar refractivity (Wildman–Crippen MR) is 72.4 cm³/mol. The zero-order valence-corrected chi connectivity index (χ0v) is 11.0. The normalized spacial score (nSPS) is 19.2. The average molecular weight is 277 g/mol. The predicted octanol–water partition coefficient (Wildman–Crippen LogP) is 2.16. The van der Waals surface area contributed by atoms with Crippen molar-refractivity contribution in [2.75, 3.05) is 13.1 Å². The van der Waals surface area contributed by atoms with E-state index in [0.717, 1.165) is 0 Å². The molecule has 1 amide bonds. The number of carbonyl (C=O) groups excluding carboxylic acids is 1. The molecule has 1 atom stereocenters. The summed E-state index contributed by atoms with van der Waals surface area (Å²) in [5.41, 5.74) is 0.340. The summed E-state index contributed by atoms with van der Waals surface area (Å²) in [5.74, 6) is -2.05. The second kappa shape index (κ2) is 6.32. The molecule has 4 nitrogen and oxygen atoms in total. The van der Waals surface area contributed by atoms with E-state index in [2.05, 4.69) is 0 Å². The van der Waals surface area contributed by atoms with Crippen LogP contribution in [0, 0.1) is 11.7 Å². The number of nitrogens with zero attached hydrogens (tertiary/aromatic N) is 1. The van der Waals surface area contributed by atoms with E-state index in [0.29, 0.717) is 24.9 Å². The molecule has 20 heavy (non-hydrogen) atoms. The van der Waals surface area contributed by atoms with Gasteiger partial charge in [0.25, 0.3) is 0 Å². The van der Waals surface area contributed by atoms with Crippen molar-refractivity contribution in [1.29, 1.82) is 0 Å². The minimum atomic E-state index is -0.874. The van der Waals surface area contributed by atoms with Gasteiger partial charge in [-0.1, -0.05) is 18.2 Å². The fourth-order valence-corrected chi connectivity index (χ4v) is 2.26. The highest BCUT2D eigenvalue weighted by molar-refractivity contribution is 5.92. The zero-order valence-electron chi connectivity index (χ0n) is 11.0. The number of hydrogen-bond donors (Lipinski definition) is 1. The van der Waals surface area contributed by atoms with E-state index >= 15 is 0 Å². The summed E-state index contributed by atoms with van der Waals surface area (Å²) in [6.45, 7) is 0.764. The molecule has 1 N–H and O–H groups in total. The highest BCUT2D eigenvalue weighted by Gasteiger charge is 2.27. The Kier molecular flexibility index (Phi) is 4.50. The monoisotopic (exact) mass is 277 g/mol. The molecule has 0 aromatic heterocycles. The molecular weight excluding hydrogens is 261 g/mol. The van der Waals surface area contributed by atoms with Crippen LogP contribution in [0.15, 0.2) is 30.3 Å². The number of amides is 1. The van der Waals surface area contributed by atoms with Gasteiger partial charge < -0.3 is 10.0 Å². The van der Waals surface area contributed by atoms with Crippen LogP contribution < -0.4 is 0 Å². The summed E-state index contributed by atoms with van der Waals surface area (Å²) >= 11 is 0. The Morgan fingerprint density at radius 3 is 2.80 bits per heavy atom. The molecule has 1 heterocycles. The van der Waals surface area contributed by atoms with Crippen LogP contribution >= 0.6 is 0 Å². The summed E-state index contributed by atoms with van der Waals surface area (Å²) < 4.78 is 13.4. The Morgan fingerprint density at radius 2 is 2.10 bits per heavy atom. The average Bonchev–Trinajstić information content (AvgIpc) is 2.46. The van der Waals surface area contributed by atoms with Crippen molar-refractivity contribution in [2.24, 2.45) is 5.92 Å². The van der Waals surface area contributed by atoms with Gasteiger partial charge in [-0.05, 0) is 25.0 Å². The number of likely N-dealkylation sites (tertiary alicyclic amines) is 1. The van der Waals surface area contributed by atoms with E-state index < -0.39 is 17.7 Å². The smallest absolute Gasteiger partial charge is 0.308 e. The van der Waals surface area contributed by atoms with Crippen molar-refractivity contribution >= 4 is 18.0 Å². The van der Waals surface area contributed by atoms with E-state index in [1.165, 1.54) is 23.1 Å². The SMILES string of the molecule is O=C(O)[C@H]1CCCN(C(=O)/C=C/c2ccccc2F)C1. The summed E-state index contributed by atoms with van der Waals surface area (Å²) in [7, 11) is 0. The Labute approximate surface area is 116 Å². The molecule has 0 unspecified atom stereocenters. The van der Waals surface area contributed by atoms with Crippen LogP contribution in [0.4, 0.5) is 4.39 Å². The van der Waals surface area contributed by atoms with Gasteiger partial charge in [-0.2, -0.15) is 0 Å². The maximum absolute atomic E-state index is 13.4. The largest absolute Gasteiger partial charge is 0.481 e. The van der Waals surface area contributed by atoms with Gasteiger partial charge in [-0.3, -0.25) is 9.59 Å². The third kappa shape index (κ3) is 3.44. The van der Waals surface area contributed by atoms with Crippen LogP contribution in [0.5, 0.6) is 0 Å². The number of carboxylic acid groups (broad SMARTS) is 1. The second-order valence-electron chi connectivity index (χ2n) is 4.82. The Balaban J connectivity index is 2.01. The van der Waals surface area contributed by atoms with Crippen LogP contribution in [0.1, 0.15) is 18.4 Å². The van der Waals surface area contributed by atoms with Crippen LogP contribution in [0.3, 0.4) is 0 Å². The summed E-state index contributed by atoms with van der Waals surface area (Å²) in [6, 6.07) is 6.17. The van der Waals surface area contributed by atoms with Crippen molar-refractivity contribution in [2.45, 2.75) is 12.8 Å². The van der Waals surface area contributed by atoms with Gasteiger partial charge in [0, 0.05) is 24.7 Å². The van der Waals surface area contributed by atoms with Gasteiger partial charge in [0.05, 0.1) is 5.92 Å². The van der Waals surface area contributed by atoms with Crippen molar-refractivity contribution in [3.8, 4) is 0 Å². The van der Waals surface area contributed by atoms with Gasteiger partial charge in [-0.25, -0.2) is 4.39 Å². The number of hydrogen-bond acceptors (Lipinski definition) is 2. The number of rotatable bonds is 3. The summed E-state index contributed by atoms with van der Waals surface area (Å²) in [5, 5.41) is 8.98. The highest BCUT2D eigenvalue weighted by atomic mass is 19.1. The molecule has 1 saturated heterocycles. The van der Waals surface area contributed by atoms with E-state index in [1.807, 2.05) is 0 Å². The molecule has 106 valence electrons. The molecule has 0 radical (unpaired) electrons. The van der Waals surface area contributed by atoms with Crippen LogP contribution in [0.2, 0.25) is 0 Å². The molecule has 2 rings (SSSR count). The molecular formula is C15H16FNO3. The first kappa shape index (κ1) is 14.2. The zero-order chi connectivity index (χ0) is 14.5. The second-order valence-corrected chi connectivity index (χ2v) is 4.82. The third-order valence-electron chi connectivity index (χ3n) is 3.39. The molecule has 0 spiro atoms. The number of halogens is 1. The van der Waals surface area contributed by atoms with Gasteiger partial charge in [0.1, 0.15) is 5.82 Å². The molecule has 0 aliphatic carbocycles. The fourth-order valence-electron chi connectivity index (χ4n) is 2.26. The van der Waals surface area contributed by atoms with E-state index in [4.69, 9.17) is 5.11 Å². The number of benzene rings is 1. The number of carbonyl (C=O) groups is 2. The minimum Gasteiger partial charge on any atom is -0.481 e. The molecule has 1 aliphatic rings. The number of aliphatic carboxylic acids is 1.